The Morgan fingerprint density at radius 2 is 1.46 bits per heavy atom. The van der Waals surface area contributed by atoms with Crippen LogP contribution in [0.3, 0.4) is 0 Å². The molecule has 0 radical (unpaired) electrons. The molecule has 1 aromatic heterocycles. The lowest BCUT2D eigenvalue weighted by molar-refractivity contribution is 0.0735. The first kappa shape index (κ1) is 12.2. The van der Waals surface area contributed by atoms with Crippen molar-refractivity contribution in [2.75, 3.05) is 13.6 Å². The average Bonchev–Trinajstić information content (AvgIpc) is 2.61. The molecule has 0 N–H and O–H groups in total. The molecule has 0 amide bonds. The Morgan fingerprint density at radius 1 is 0.667 bits per heavy atom. The Labute approximate surface area is 136 Å². The van der Waals surface area contributed by atoms with Crippen molar-refractivity contribution < 1.29 is 18.9 Å². The highest BCUT2D eigenvalue weighted by molar-refractivity contribution is 6.17. The minimum Gasteiger partial charge on any atom is -0.454 e. The molecule has 0 atom stereocenters. The summed E-state index contributed by atoms with van der Waals surface area (Å²) in [6.07, 6.45) is 1.89. The average molecular weight is 317 g/mol. The van der Waals surface area contributed by atoms with Gasteiger partial charge < -0.3 is 18.9 Å². The third-order valence-corrected chi connectivity index (χ3v) is 4.68. The van der Waals surface area contributed by atoms with Crippen molar-refractivity contribution in [2.45, 2.75) is 0 Å². The number of benzene rings is 3. The highest BCUT2D eigenvalue weighted by atomic mass is 16.7. The zero-order valence-electron chi connectivity index (χ0n) is 12.5. The van der Waals surface area contributed by atoms with Crippen LogP contribution in [0.4, 0.5) is 0 Å². The Kier molecular flexibility index (Phi) is 2.14. The van der Waals surface area contributed by atoms with Gasteiger partial charge >= 0.3 is 0 Å². The van der Waals surface area contributed by atoms with Gasteiger partial charge in [-0.1, -0.05) is 12.1 Å². The monoisotopic (exact) mass is 317 g/mol. The first-order chi connectivity index (χ1) is 11.9. The second kappa shape index (κ2) is 4.20. The first-order valence-corrected chi connectivity index (χ1v) is 7.72. The molecule has 0 spiro atoms. The molecule has 0 fully saturated rings. The van der Waals surface area contributed by atoms with E-state index in [1.807, 2.05) is 30.5 Å². The van der Waals surface area contributed by atoms with Gasteiger partial charge in [-0.2, -0.15) is 0 Å². The topological polar surface area (TPSA) is 49.8 Å². The molecule has 0 unspecified atom stereocenters. The van der Waals surface area contributed by atoms with Crippen molar-refractivity contribution in [1.82, 2.24) is 4.98 Å². The zero-order chi connectivity index (χ0) is 15.7. The smallest absolute Gasteiger partial charge is 0.231 e. The number of ether oxygens (including phenoxy) is 4. The van der Waals surface area contributed by atoms with E-state index in [1.54, 1.807) is 0 Å². The van der Waals surface area contributed by atoms with Crippen molar-refractivity contribution in [3.63, 3.8) is 0 Å². The van der Waals surface area contributed by atoms with Crippen LogP contribution in [0.5, 0.6) is 23.0 Å². The van der Waals surface area contributed by atoms with Gasteiger partial charge in [0, 0.05) is 17.0 Å². The molecule has 0 saturated carbocycles. The van der Waals surface area contributed by atoms with Crippen LogP contribution in [0.15, 0.2) is 42.6 Å². The molecular formula is C19H11NO4. The lowest BCUT2D eigenvalue weighted by atomic mass is 9.99. The van der Waals surface area contributed by atoms with Crippen molar-refractivity contribution in [3.8, 4) is 23.0 Å². The highest BCUT2D eigenvalue weighted by Crippen LogP contribution is 2.43. The third kappa shape index (κ3) is 1.46. The molecule has 5 heteroatoms. The number of hydrogen-bond acceptors (Lipinski definition) is 5. The summed E-state index contributed by atoms with van der Waals surface area (Å²) in [5.74, 6) is 2.46. The number of pyridine rings is 1. The van der Waals surface area contributed by atoms with Crippen molar-refractivity contribution in [3.05, 3.63) is 42.6 Å². The minimum absolute atomic E-state index is 0.0626. The summed E-state index contributed by atoms with van der Waals surface area (Å²) in [5, 5.41) is 5.39. The summed E-state index contributed by atoms with van der Waals surface area (Å²) >= 11 is 0. The van der Waals surface area contributed by atoms with Gasteiger partial charge in [0.1, 0.15) is 5.52 Å². The summed E-state index contributed by atoms with van der Waals surface area (Å²) in [6.45, 7) is 0.142. The first-order valence-electron chi connectivity index (χ1n) is 7.72. The second-order valence-corrected chi connectivity index (χ2v) is 5.91. The van der Waals surface area contributed by atoms with Crippen LogP contribution in [0.2, 0.25) is 0 Å². The lowest BCUT2D eigenvalue weighted by Crippen LogP contribution is -2.14. The Hall–Kier alpha value is -3.21. The minimum atomic E-state index is 0.0626. The SMILES string of the molecule is c1cc2c3ncc4c5cc6c(cc5ccc24)OCOc3c1OCO6. The number of rotatable bonds is 0. The molecule has 0 saturated heterocycles. The Balaban J connectivity index is 1.95. The van der Waals surface area contributed by atoms with Gasteiger partial charge in [-0.25, -0.2) is 0 Å². The van der Waals surface area contributed by atoms with Crippen molar-refractivity contribution in [1.29, 1.82) is 0 Å². The van der Waals surface area contributed by atoms with E-state index in [2.05, 4.69) is 17.1 Å². The van der Waals surface area contributed by atoms with E-state index in [0.717, 1.165) is 32.4 Å². The molecule has 1 aliphatic heterocycles. The van der Waals surface area contributed by atoms with E-state index in [4.69, 9.17) is 18.9 Å². The fraction of sp³-hybridized carbons (Fsp3) is 0.105. The van der Waals surface area contributed by atoms with Crippen LogP contribution in [0.1, 0.15) is 0 Å². The second-order valence-electron chi connectivity index (χ2n) is 5.91. The molecule has 4 aromatic rings. The van der Waals surface area contributed by atoms with Crippen LogP contribution in [0.25, 0.3) is 32.4 Å². The Morgan fingerprint density at radius 3 is 2.42 bits per heavy atom. The summed E-state index contributed by atoms with van der Waals surface area (Å²) in [7, 11) is 0. The summed E-state index contributed by atoms with van der Waals surface area (Å²) in [6, 6.07) is 12.1. The summed E-state index contributed by atoms with van der Waals surface area (Å²) < 4.78 is 23.3. The predicted octanol–water partition coefficient (Wildman–Crippen LogP) is 4.00. The van der Waals surface area contributed by atoms with Crippen LogP contribution < -0.4 is 18.9 Å². The molecule has 3 aromatic carbocycles. The van der Waals surface area contributed by atoms with Crippen molar-refractivity contribution in [2.24, 2.45) is 0 Å². The van der Waals surface area contributed by atoms with E-state index in [0.29, 0.717) is 23.0 Å². The van der Waals surface area contributed by atoms with Gasteiger partial charge in [0.2, 0.25) is 13.6 Å². The summed E-state index contributed by atoms with van der Waals surface area (Å²) in [4.78, 5) is 4.66. The van der Waals surface area contributed by atoms with Crippen LogP contribution in [-0.2, 0) is 0 Å². The van der Waals surface area contributed by atoms with E-state index < -0.39 is 0 Å². The Bertz CT molecular complexity index is 1160. The van der Waals surface area contributed by atoms with Gasteiger partial charge in [0.25, 0.3) is 0 Å². The van der Waals surface area contributed by atoms with Crippen LogP contribution >= 0.6 is 0 Å². The van der Waals surface area contributed by atoms with E-state index in [-0.39, 0.29) is 13.6 Å². The van der Waals surface area contributed by atoms with E-state index in [1.165, 1.54) is 0 Å². The summed E-state index contributed by atoms with van der Waals surface area (Å²) in [5.41, 5.74) is 0.763. The molecule has 5 rings (SSSR count). The molecule has 0 aliphatic carbocycles. The molecule has 5 nitrogen and oxygen atoms in total. The quantitative estimate of drug-likeness (QED) is 0.459. The highest BCUT2D eigenvalue weighted by Gasteiger charge is 2.20. The standard InChI is InChI=1S/C19H11NO4/c1-2-11-12-3-4-15-19-18(12)20-7-14(11)13-6-17(22-8-21-15)16(5-10(1)13)23-9-24-19/h1-7H,8-9H2. The maximum atomic E-state index is 5.88. The predicted molar refractivity (Wildman–Crippen MR) is 89.0 cm³/mol. The van der Waals surface area contributed by atoms with Crippen LogP contribution in [-0.4, -0.2) is 18.6 Å². The van der Waals surface area contributed by atoms with Crippen LogP contribution in [0, 0.1) is 0 Å². The van der Waals surface area contributed by atoms with Gasteiger partial charge in [-0.15, -0.1) is 0 Å². The molecular weight excluding hydrogens is 306 g/mol. The van der Waals surface area contributed by atoms with E-state index in [9.17, 15) is 0 Å². The third-order valence-electron chi connectivity index (χ3n) is 4.68. The molecule has 116 valence electrons. The number of hydrogen-bond donors (Lipinski definition) is 0. The normalized spacial score (nSPS) is 14.8. The number of aromatic nitrogens is 1. The van der Waals surface area contributed by atoms with E-state index >= 15 is 0 Å². The molecule has 0 bridgehead atoms. The fourth-order valence-electron chi connectivity index (χ4n) is 3.54. The number of nitrogens with zero attached hydrogens (tertiary/aromatic N) is 1. The molecule has 2 heterocycles. The maximum absolute atomic E-state index is 5.88. The lowest BCUT2D eigenvalue weighted by Gasteiger charge is -2.21. The van der Waals surface area contributed by atoms with Gasteiger partial charge in [0.05, 0.1) is 0 Å². The zero-order valence-corrected chi connectivity index (χ0v) is 12.5. The maximum Gasteiger partial charge on any atom is 0.231 e. The van der Waals surface area contributed by atoms with Gasteiger partial charge in [-0.05, 0) is 40.4 Å². The van der Waals surface area contributed by atoms with Gasteiger partial charge in [-0.3, -0.25) is 4.98 Å². The fourth-order valence-corrected chi connectivity index (χ4v) is 3.54. The number of fused-ring (bicyclic) bond motifs is 8. The van der Waals surface area contributed by atoms with Crippen molar-refractivity contribution >= 4 is 32.4 Å². The molecule has 1 aliphatic rings. The largest absolute Gasteiger partial charge is 0.454 e. The molecule has 24 heavy (non-hydrogen) atoms. The van der Waals surface area contributed by atoms with Gasteiger partial charge in [0.15, 0.2) is 23.0 Å².